The SMILES string of the molecule is Cc1ccc(S(C)(=O)=O)nc1C[C@H](N)c1ccccc1-c1noc2cc(F)ccc12. The minimum absolute atomic E-state index is 0.0214. The Balaban J connectivity index is 1.74. The van der Waals surface area contributed by atoms with E-state index in [1.807, 2.05) is 31.2 Å². The van der Waals surface area contributed by atoms with Gasteiger partial charge in [-0.15, -0.1) is 0 Å². The summed E-state index contributed by atoms with van der Waals surface area (Å²) in [6.45, 7) is 1.87. The van der Waals surface area contributed by atoms with Crippen LogP contribution in [-0.4, -0.2) is 24.8 Å². The van der Waals surface area contributed by atoms with Crippen molar-refractivity contribution in [2.24, 2.45) is 5.73 Å². The number of hydrogen-bond donors (Lipinski definition) is 1. The lowest BCUT2D eigenvalue weighted by molar-refractivity contribution is 0.457. The van der Waals surface area contributed by atoms with Crippen LogP contribution in [0.4, 0.5) is 4.39 Å². The number of rotatable bonds is 5. The summed E-state index contributed by atoms with van der Waals surface area (Å²) in [5.41, 5.74) is 10.5. The van der Waals surface area contributed by atoms with Gasteiger partial charge in [-0.1, -0.05) is 35.5 Å². The molecule has 0 aliphatic heterocycles. The molecule has 2 aromatic carbocycles. The minimum atomic E-state index is -3.42. The quantitative estimate of drug-likeness (QED) is 0.519. The van der Waals surface area contributed by atoms with Crippen LogP contribution in [0.2, 0.25) is 0 Å². The molecule has 2 N–H and O–H groups in total. The lowest BCUT2D eigenvalue weighted by atomic mass is 9.93. The van der Waals surface area contributed by atoms with E-state index < -0.39 is 21.7 Å². The molecule has 0 unspecified atom stereocenters. The maximum Gasteiger partial charge on any atom is 0.192 e. The zero-order chi connectivity index (χ0) is 21.5. The van der Waals surface area contributed by atoms with Crippen LogP contribution in [0.25, 0.3) is 22.2 Å². The molecule has 4 aromatic rings. The van der Waals surface area contributed by atoms with Gasteiger partial charge in [0.1, 0.15) is 11.5 Å². The molecule has 0 spiro atoms. The molecule has 0 radical (unpaired) electrons. The Bertz CT molecular complexity index is 1350. The summed E-state index contributed by atoms with van der Waals surface area (Å²) < 4.78 is 42.5. The van der Waals surface area contributed by atoms with Gasteiger partial charge in [-0.05, 0) is 36.2 Å². The van der Waals surface area contributed by atoms with Crippen molar-refractivity contribution in [1.82, 2.24) is 10.1 Å². The van der Waals surface area contributed by atoms with Crippen LogP contribution in [0.15, 0.2) is 64.1 Å². The second-order valence-corrected chi connectivity index (χ2v) is 9.22. The van der Waals surface area contributed by atoms with Crippen molar-refractivity contribution < 1.29 is 17.3 Å². The molecule has 6 nitrogen and oxygen atoms in total. The highest BCUT2D eigenvalue weighted by Crippen LogP contribution is 2.33. The van der Waals surface area contributed by atoms with Gasteiger partial charge in [0.25, 0.3) is 0 Å². The molecule has 0 aliphatic carbocycles. The van der Waals surface area contributed by atoms with E-state index in [-0.39, 0.29) is 5.03 Å². The average molecular weight is 425 g/mol. The van der Waals surface area contributed by atoms with Crippen molar-refractivity contribution in [3.63, 3.8) is 0 Å². The third-order valence-electron chi connectivity index (χ3n) is 5.02. The monoisotopic (exact) mass is 425 g/mol. The summed E-state index contributed by atoms with van der Waals surface area (Å²) in [6, 6.07) is 14.5. The van der Waals surface area contributed by atoms with Crippen molar-refractivity contribution in [3.8, 4) is 11.3 Å². The van der Waals surface area contributed by atoms with E-state index in [9.17, 15) is 12.8 Å². The molecular weight excluding hydrogens is 405 g/mol. The second kappa shape index (κ2) is 7.62. The minimum Gasteiger partial charge on any atom is -0.356 e. The first-order chi connectivity index (χ1) is 14.2. The molecule has 0 saturated heterocycles. The fourth-order valence-electron chi connectivity index (χ4n) is 3.42. The molecule has 8 heteroatoms. The van der Waals surface area contributed by atoms with E-state index in [2.05, 4.69) is 10.1 Å². The Kier molecular flexibility index (Phi) is 5.13. The number of nitrogens with zero attached hydrogens (tertiary/aromatic N) is 2. The highest BCUT2D eigenvalue weighted by Gasteiger charge is 2.20. The number of aromatic nitrogens is 2. The number of halogens is 1. The van der Waals surface area contributed by atoms with Crippen LogP contribution in [-0.2, 0) is 16.3 Å². The van der Waals surface area contributed by atoms with Gasteiger partial charge >= 0.3 is 0 Å². The lowest BCUT2D eigenvalue weighted by Gasteiger charge is -2.17. The van der Waals surface area contributed by atoms with Gasteiger partial charge < -0.3 is 10.3 Å². The average Bonchev–Trinajstić information content (AvgIpc) is 3.11. The van der Waals surface area contributed by atoms with Crippen molar-refractivity contribution in [3.05, 3.63) is 77.2 Å². The van der Waals surface area contributed by atoms with Crippen LogP contribution in [0.1, 0.15) is 22.9 Å². The maximum atomic E-state index is 13.5. The molecule has 2 aromatic heterocycles. The van der Waals surface area contributed by atoms with Crippen LogP contribution in [0.5, 0.6) is 0 Å². The van der Waals surface area contributed by atoms with Gasteiger partial charge in [-0.3, -0.25) is 0 Å². The van der Waals surface area contributed by atoms with Crippen LogP contribution in [0.3, 0.4) is 0 Å². The lowest BCUT2D eigenvalue weighted by Crippen LogP contribution is -2.17. The van der Waals surface area contributed by atoms with Crippen molar-refractivity contribution in [2.75, 3.05) is 6.26 Å². The van der Waals surface area contributed by atoms with E-state index in [1.165, 1.54) is 18.2 Å². The predicted octanol–water partition coefficient (Wildman–Crippen LogP) is 3.98. The first-order valence-electron chi connectivity index (χ1n) is 9.30. The van der Waals surface area contributed by atoms with Crippen LogP contribution in [0, 0.1) is 12.7 Å². The summed E-state index contributed by atoms with van der Waals surface area (Å²) in [5, 5.41) is 4.83. The number of fused-ring (bicyclic) bond motifs is 1. The summed E-state index contributed by atoms with van der Waals surface area (Å²) in [7, 11) is -3.42. The maximum absolute atomic E-state index is 13.5. The fourth-order valence-corrected chi connectivity index (χ4v) is 4.02. The molecule has 4 rings (SSSR count). The number of aryl methyl sites for hydroxylation is 1. The zero-order valence-electron chi connectivity index (χ0n) is 16.5. The van der Waals surface area contributed by atoms with Crippen LogP contribution >= 0.6 is 0 Å². The molecule has 0 amide bonds. The van der Waals surface area contributed by atoms with E-state index in [4.69, 9.17) is 10.3 Å². The molecule has 30 heavy (non-hydrogen) atoms. The zero-order valence-corrected chi connectivity index (χ0v) is 17.3. The van der Waals surface area contributed by atoms with Crippen molar-refractivity contribution in [1.29, 1.82) is 0 Å². The van der Waals surface area contributed by atoms with E-state index in [0.717, 1.165) is 22.9 Å². The smallest absolute Gasteiger partial charge is 0.192 e. The second-order valence-electron chi connectivity index (χ2n) is 7.25. The first-order valence-corrected chi connectivity index (χ1v) is 11.2. The Hall–Kier alpha value is -3.10. The standard InChI is InChI=1S/C22H20FN3O3S/c1-13-7-10-21(30(2,27)28)25-19(13)12-18(24)15-5-3-4-6-16(15)22-17-9-8-14(23)11-20(17)29-26-22/h3-11,18H,12,24H2,1-2H3/t18-/m0/s1. The van der Waals surface area contributed by atoms with E-state index >= 15 is 0 Å². The van der Waals surface area contributed by atoms with Crippen molar-refractivity contribution >= 4 is 20.8 Å². The summed E-state index contributed by atoms with van der Waals surface area (Å²) in [6.07, 6.45) is 1.47. The number of nitrogens with two attached hydrogens (primary N) is 1. The number of benzene rings is 2. The fraction of sp³-hybridized carbons (Fsp3) is 0.182. The normalized spacial score (nSPS) is 12.9. The summed E-state index contributed by atoms with van der Waals surface area (Å²) in [4.78, 5) is 4.32. The predicted molar refractivity (Wildman–Crippen MR) is 112 cm³/mol. The van der Waals surface area contributed by atoms with E-state index in [0.29, 0.717) is 28.8 Å². The topological polar surface area (TPSA) is 99.1 Å². The highest BCUT2D eigenvalue weighted by atomic mass is 32.2. The van der Waals surface area contributed by atoms with Gasteiger partial charge in [0.15, 0.2) is 20.4 Å². The molecule has 0 bridgehead atoms. The van der Waals surface area contributed by atoms with Crippen molar-refractivity contribution in [2.45, 2.75) is 24.4 Å². The molecule has 1 atom stereocenters. The van der Waals surface area contributed by atoms with Gasteiger partial charge in [-0.25, -0.2) is 17.8 Å². The Morgan fingerprint density at radius 2 is 1.90 bits per heavy atom. The third kappa shape index (κ3) is 3.83. The molecule has 0 saturated carbocycles. The number of hydrogen-bond acceptors (Lipinski definition) is 6. The number of sulfone groups is 1. The molecule has 2 heterocycles. The molecule has 154 valence electrons. The number of pyridine rings is 1. The van der Waals surface area contributed by atoms with Crippen LogP contribution < -0.4 is 5.73 Å². The Morgan fingerprint density at radius 1 is 1.13 bits per heavy atom. The first kappa shape index (κ1) is 20.2. The third-order valence-corrected chi connectivity index (χ3v) is 6.01. The Morgan fingerprint density at radius 3 is 2.67 bits per heavy atom. The molecular formula is C22H20FN3O3S. The summed E-state index contributed by atoms with van der Waals surface area (Å²) in [5.74, 6) is -0.400. The highest BCUT2D eigenvalue weighted by molar-refractivity contribution is 7.90. The van der Waals surface area contributed by atoms with Gasteiger partial charge in [-0.2, -0.15) is 0 Å². The summed E-state index contributed by atoms with van der Waals surface area (Å²) >= 11 is 0. The molecule has 0 aliphatic rings. The van der Waals surface area contributed by atoms with Gasteiger partial charge in [0, 0.05) is 41.4 Å². The van der Waals surface area contributed by atoms with Gasteiger partial charge in [0.05, 0.1) is 0 Å². The largest absolute Gasteiger partial charge is 0.356 e. The van der Waals surface area contributed by atoms with E-state index in [1.54, 1.807) is 12.1 Å². The van der Waals surface area contributed by atoms with Gasteiger partial charge in [0.2, 0.25) is 0 Å². The Labute approximate surface area is 173 Å². The molecule has 0 fully saturated rings.